The summed E-state index contributed by atoms with van der Waals surface area (Å²) in [7, 11) is -10.0. The zero-order valence-electron chi connectivity index (χ0n) is 68.7. The minimum Gasteiger partial charge on any atom is -0.462 e. The van der Waals surface area contributed by atoms with Crippen LogP contribution in [-0.4, -0.2) is 96.7 Å². The summed E-state index contributed by atoms with van der Waals surface area (Å²) < 4.78 is 68.5. The van der Waals surface area contributed by atoms with Crippen LogP contribution in [0.5, 0.6) is 0 Å². The molecule has 0 amide bonds. The van der Waals surface area contributed by atoms with Crippen LogP contribution < -0.4 is 0 Å². The summed E-state index contributed by atoms with van der Waals surface area (Å²) in [6.45, 7) is 4.24. The molecular weight excluding hydrogens is 1450 g/mol. The molecule has 0 heterocycles. The van der Waals surface area contributed by atoms with Gasteiger partial charge in [-0.3, -0.25) is 37.3 Å². The largest absolute Gasteiger partial charge is 0.472 e. The van der Waals surface area contributed by atoms with Crippen LogP contribution in [0.4, 0.5) is 0 Å². The van der Waals surface area contributed by atoms with Crippen molar-refractivity contribution in [3.63, 3.8) is 0 Å². The highest BCUT2D eigenvalue weighted by Crippen LogP contribution is 2.45. The van der Waals surface area contributed by atoms with Crippen LogP contribution >= 0.6 is 15.6 Å². The Kier molecular flexibility index (Phi) is 77.1. The van der Waals surface area contributed by atoms with Crippen LogP contribution in [0.3, 0.4) is 0 Å². The summed E-state index contributed by atoms with van der Waals surface area (Å²) >= 11 is 0. The third-order valence-corrected chi connectivity index (χ3v) is 18.0. The third-order valence-electron chi connectivity index (χ3n) is 16.1. The van der Waals surface area contributed by atoms with Crippen LogP contribution in [0.15, 0.2) is 231 Å². The summed E-state index contributed by atoms with van der Waals surface area (Å²) in [6, 6.07) is 0. The van der Waals surface area contributed by atoms with Crippen molar-refractivity contribution < 1.29 is 80.2 Å². The van der Waals surface area contributed by atoms with Gasteiger partial charge in [-0.15, -0.1) is 0 Å². The molecule has 0 aromatic carbocycles. The summed E-state index contributed by atoms with van der Waals surface area (Å²) in [4.78, 5) is 73.2. The molecule has 17 nitrogen and oxygen atoms in total. The van der Waals surface area contributed by atoms with Gasteiger partial charge in [0.2, 0.25) is 0 Å². The highest BCUT2D eigenvalue weighted by Gasteiger charge is 2.30. The highest BCUT2D eigenvalue weighted by molar-refractivity contribution is 7.47. The van der Waals surface area contributed by atoms with Crippen molar-refractivity contribution in [2.24, 2.45) is 0 Å². The maximum atomic E-state index is 13.1. The molecule has 0 aliphatic heterocycles. The van der Waals surface area contributed by atoms with Gasteiger partial charge in [-0.05, 0) is 180 Å². The number of phosphoric acid groups is 2. The topological polar surface area (TPSA) is 237 Å². The lowest BCUT2D eigenvalue weighted by Crippen LogP contribution is -2.30. The van der Waals surface area contributed by atoms with E-state index in [0.717, 1.165) is 161 Å². The molecule has 0 aliphatic carbocycles. The molecular formula is C93H144O17P2. The van der Waals surface area contributed by atoms with Crippen molar-refractivity contribution in [2.45, 2.75) is 290 Å². The van der Waals surface area contributed by atoms with Crippen molar-refractivity contribution in [2.75, 3.05) is 39.6 Å². The van der Waals surface area contributed by atoms with E-state index < -0.39 is 97.5 Å². The molecule has 628 valence electrons. The summed E-state index contributed by atoms with van der Waals surface area (Å²) in [5.41, 5.74) is 0. The molecule has 0 aliphatic rings. The second kappa shape index (κ2) is 82.1. The number of ether oxygens (including phenoxy) is 4. The smallest absolute Gasteiger partial charge is 0.462 e. The van der Waals surface area contributed by atoms with Crippen LogP contribution in [0, 0.1) is 0 Å². The minimum atomic E-state index is -5.03. The van der Waals surface area contributed by atoms with Gasteiger partial charge >= 0.3 is 39.5 Å². The second-order valence-electron chi connectivity index (χ2n) is 26.6. The zero-order valence-corrected chi connectivity index (χ0v) is 70.5. The first-order valence-corrected chi connectivity index (χ1v) is 44.6. The second-order valence-corrected chi connectivity index (χ2v) is 29.5. The van der Waals surface area contributed by atoms with Crippen molar-refractivity contribution >= 4 is 39.5 Å². The van der Waals surface area contributed by atoms with E-state index in [0.29, 0.717) is 38.5 Å². The van der Waals surface area contributed by atoms with Crippen LogP contribution in [-0.2, 0) is 65.4 Å². The maximum absolute atomic E-state index is 13.1. The first kappa shape index (κ1) is 105. The number of rotatable bonds is 75. The Balaban J connectivity index is 5.59. The molecule has 0 aromatic heterocycles. The third kappa shape index (κ3) is 81.1. The number of carbonyl (C=O) groups excluding carboxylic acids is 4. The Bertz CT molecular complexity index is 3040. The number of aliphatic hydroxyl groups is 1. The quantitative estimate of drug-likeness (QED) is 0.0169. The molecule has 0 spiro atoms. The fraction of sp³-hybridized carbons (Fsp3) is 0.548. The predicted octanol–water partition coefficient (Wildman–Crippen LogP) is 25.0. The number of carbonyl (C=O) groups is 4. The number of allylic oxidation sites excluding steroid dienone is 38. The molecule has 0 bridgehead atoms. The normalized spacial score (nSPS) is 15.0. The Morgan fingerprint density at radius 2 is 0.482 bits per heavy atom. The molecule has 3 N–H and O–H groups in total. The Hall–Kier alpha value is -6.88. The predicted molar refractivity (Wildman–Crippen MR) is 463 cm³/mol. The van der Waals surface area contributed by atoms with E-state index >= 15 is 0 Å². The average molecular weight is 1600 g/mol. The van der Waals surface area contributed by atoms with Gasteiger partial charge in [-0.25, -0.2) is 9.13 Å². The lowest BCUT2D eigenvalue weighted by Gasteiger charge is -2.21. The van der Waals surface area contributed by atoms with E-state index in [4.69, 9.17) is 37.0 Å². The van der Waals surface area contributed by atoms with Crippen LogP contribution in [0.1, 0.15) is 272 Å². The molecule has 0 fully saturated rings. The molecule has 0 saturated heterocycles. The van der Waals surface area contributed by atoms with E-state index in [9.17, 15) is 43.2 Å². The minimum absolute atomic E-state index is 0.0163. The molecule has 0 saturated carbocycles. The summed E-state index contributed by atoms with van der Waals surface area (Å²) in [5, 5.41) is 10.7. The molecule has 0 rings (SSSR count). The Morgan fingerprint density at radius 1 is 0.259 bits per heavy atom. The molecule has 2 unspecified atom stereocenters. The zero-order chi connectivity index (χ0) is 81.7. The lowest BCUT2D eigenvalue weighted by molar-refractivity contribution is -0.161. The maximum Gasteiger partial charge on any atom is 0.472 e. The van der Waals surface area contributed by atoms with Crippen molar-refractivity contribution in [1.82, 2.24) is 0 Å². The number of hydrogen-bond acceptors (Lipinski definition) is 15. The SMILES string of the molecule is CC/C=C\C/C=C\C/C=C\C/C=C\C/C=C\C/C=C\CCC(=O)OC[C@H](COP(=O)(O)OC[C@@H](O)COP(=O)(O)OC[C@@H](COC(=O)CC/C=C\C/C=C\C/C=C\C/C=C\C/C=C\C/C=C\CC)OC(=O)CCCCCCC/C=C\C/C=C\CCCCC)OC(=O)CCCCC/C=C\C/C=C\C/C=C\C/C=C\C/C=C\CC. The van der Waals surface area contributed by atoms with Gasteiger partial charge in [0.1, 0.15) is 19.3 Å². The van der Waals surface area contributed by atoms with Gasteiger partial charge in [-0.2, -0.15) is 0 Å². The Labute approximate surface area is 676 Å². The molecule has 5 atom stereocenters. The van der Waals surface area contributed by atoms with E-state index in [1.54, 1.807) is 0 Å². The van der Waals surface area contributed by atoms with Crippen LogP contribution in [0.25, 0.3) is 0 Å². The molecule has 0 radical (unpaired) electrons. The van der Waals surface area contributed by atoms with E-state index in [1.165, 1.54) is 19.3 Å². The van der Waals surface area contributed by atoms with Gasteiger partial charge in [0, 0.05) is 25.7 Å². The summed E-state index contributed by atoms with van der Waals surface area (Å²) in [6.07, 6.45) is 106. The van der Waals surface area contributed by atoms with Gasteiger partial charge in [0.05, 0.1) is 26.4 Å². The number of esters is 4. The van der Waals surface area contributed by atoms with Gasteiger partial charge in [0.15, 0.2) is 12.2 Å². The lowest BCUT2D eigenvalue weighted by atomic mass is 10.1. The monoisotopic (exact) mass is 1590 g/mol. The highest BCUT2D eigenvalue weighted by atomic mass is 31.2. The number of phosphoric ester groups is 2. The molecule has 112 heavy (non-hydrogen) atoms. The molecule has 0 aromatic rings. The Morgan fingerprint density at radius 3 is 0.759 bits per heavy atom. The number of unbranched alkanes of at least 4 members (excludes halogenated alkanes) is 11. The average Bonchev–Trinajstić information content (AvgIpc) is 0.898. The standard InChI is InChI=1S/C93H144O17P2/c1-5-9-13-17-21-25-29-33-37-40-43-46-50-53-57-61-65-69-73-77-90(95)103-83-88(109-92(97)79-75-71-67-63-59-55-49-36-32-28-24-20-16-12-8-4)85-107-111(99,100)105-81-87(94)82-106-112(101,102)108-86-89(110-93(98)80-76-72-68-64-60-56-52-48-45-42-39-35-31-27-23-19-15-11-7-3)84-104-91(96)78-74-70-66-62-58-54-51-47-44-41-38-34-30-26-22-18-14-10-6-2/h9-11,13-15,21-28,33-39,43-49,53-54,56-58,60,65-66,69-70,87-89,94H,5-8,12,16-20,29-32,40-42,50-52,55,59,61-64,67-68,71-86H2,1-4H3,(H,99,100)(H,101,102)/b13-9-,14-10-,15-11-,25-21-,26-22-,27-23-,28-24-,37-33-,38-34-,39-35-,46-43-,47-44-,48-45-,49-36-,57-53-,58-54-,60-56-,69-65-,70-66-/t87-,88+,89+/m0/s1. The fourth-order valence-electron chi connectivity index (χ4n) is 9.92. The van der Waals surface area contributed by atoms with Crippen LogP contribution in [0.2, 0.25) is 0 Å². The molecule has 19 heteroatoms. The first-order chi connectivity index (χ1) is 54.7. The van der Waals surface area contributed by atoms with E-state index in [-0.39, 0.29) is 25.7 Å². The van der Waals surface area contributed by atoms with Gasteiger partial charge in [0.25, 0.3) is 0 Å². The first-order valence-electron chi connectivity index (χ1n) is 41.6. The van der Waals surface area contributed by atoms with Gasteiger partial charge < -0.3 is 33.8 Å². The fourth-order valence-corrected chi connectivity index (χ4v) is 11.5. The van der Waals surface area contributed by atoms with Crippen molar-refractivity contribution in [1.29, 1.82) is 0 Å². The number of hydrogen-bond donors (Lipinski definition) is 3. The summed E-state index contributed by atoms with van der Waals surface area (Å²) in [5.74, 6) is -2.45. The van der Waals surface area contributed by atoms with E-state index in [1.807, 2.05) is 36.5 Å². The van der Waals surface area contributed by atoms with Crippen molar-refractivity contribution in [3.05, 3.63) is 231 Å². The van der Waals surface area contributed by atoms with Gasteiger partial charge in [-0.1, -0.05) is 297 Å². The van der Waals surface area contributed by atoms with E-state index in [2.05, 4.69) is 222 Å². The number of aliphatic hydroxyl groups excluding tert-OH is 1. The van der Waals surface area contributed by atoms with Crippen molar-refractivity contribution in [3.8, 4) is 0 Å².